The summed E-state index contributed by atoms with van der Waals surface area (Å²) in [5.41, 5.74) is 0.166. The van der Waals surface area contributed by atoms with Crippen molar-refractivity contribution in [1.82, 2.24) is 15.6 Å². The first-order chi connectivity index (χ1) is 11.9. The van der Waals surface area contributed by atoms with E-state index in [2.05, 4.69) is 50.2 Å². The lowest BCUT2D eigenvalue weighted by Crippen LogP contribution is -2.47. The molecule has 1 aromatic heterocycles. The average molecular weight is 494 g/mol. The highest BCUT2D eigenvalue weighted by atomic mass is 127. The van der Waals surface area contributed by atoms with Crippen LogP contribution >= 0.6 is 35.3 Å². The fourth-order valence-corrected chi connectivity index (χ4v) is 4.10. The van der Waals surface area contributed by atoms with Crippen LogP contribution in [0.15, 0.2) is 11.2 Å². The Kier molecular flexibility index (Phi) is 10.4. The average Bonchev–Trinajstić information content (AvgIpc) is 3.05. The molecule has 0 bridgehead atoms. The number of aliphatic imine (C=N–C) groups is 1. The summed E-state index contributed by atoms with van der Waals surface area (Å²) in [5, 5.41) is 7.93. The van der Waals surface area contributed by atoms with Gasteiger partial charge in [0.15, 0.2) is 5.96 Å². The quantitative estimate of drug-likeness (QED) is 0.353. The Labute approximate surface area is 179 Å². The summed E-state index contributed by atoms with van der Waals surface area (Å²) in [5.74, 6) is 1.39. The van der Waals surface area contributed by atoms with Crippen LogP contribution in [0, 0.1) is 11.3 Å². The lowest BCUT2D eigenvalue weighted by atomic mass is 9.78. The van der Waals surface area contributed by atoms with Gasteiger partial charge in [0.25, 0.3) is 0 Å². The van der Waals surface area contributed by atoms with Crippen molar-refractivity contribution < 1.29 is 4.74 Å². The number of thiazole rings is 1. The van der Waals surface area contributed by atoms with Gasteiger partial charge in [0.05, 0.1) is 12.6 Å². The normalized spacial score (nSPS) is 21.2. The third-order valence-corrected chi connectivity index (χ3v) is 5.62. The molecular formula is C19H35IN4OS. The number of guanidine groups is 1. The fraction of sp³-hybridized carbons (Fsp3) is 0.789. The largest absolute Gasteiger partial charge is 0.377 e. The van der Waals surface area contributed by atoms with Crippen molar-refractivity contribution in [2.45, 2.75) is 66.5 Å². The molecule has 1 saturated heterocycles. The van der Waals surface area contributed by atoms with Gasteiger partial charge in [-0.05, 0) is 31.6 Å². The third kappa shape index (κ3) is 7.31. The van der Waals surface area contributed by atoms with E-state index in [0.29, 0.717) is 18.6 Å². The van der Waals surface area contributed by atoms with Crippen molar-refractivity contribution in [2.24, 2.45) is 16.3 Å². The van der Waals surface area contributed by atoms with Crippen LogP contribution in [0.1, 0.15) is 57.3 Å². The highest BCUT2D eigenvalue weighted by Gasteiger charge is 2.35. The number of aromatic nitrogens is 1. The second kappa shape index (κ2) is 11.4. The molecule has 2 atom stereocenters. The number of ether oxygens (including phenoxy) is 1. The van der Waals surface area contributed by atoms with Crippen molar-refractivity contribution in [3.63, 3.8) is 0 Å². The van der Waals surface area contributed by atoms with Crippen LogP contribution in [0.25, 0.3) is 0 Å². The summed E-state index contributed by atoms with van der Waals surface area (Å²) in [7, 11) is 0. The molecule has 1 aromatic rings. The molecule has 7 heteroatoms. The zero-order valence-electron chi connectivity index (χ0n) is 16.8. The Morgan fingerprint density at radius 3 is 2.73 bits per heavy atom. The van der Waals surface area contributed by atoms with Crippen molar-refractivity contribution >= 4 is 41.3 Å². The van der Waals surface area contributed by atoms with E-state index >= 15 is 0 Å². The van der Waals surface area contributed by atoms with E-state index in [1.165, 1.54) is 11.3 Å². The van der Waals surface area contributed by atoms with E-state index in [0.717, 1.165) is 43.5 Å². The van der Waals surface area contributed by atoms with Gasteiger partial charge in [-0.2, -0.15) is 0 Å². The van der Waals surface area contributed by atoms with Crippen molar-refractivity contribution in [3.05, 3.63) is 16.1 Å². The minimum absolute atomic E-state index is 0. The molecule has 2 N–H and O–H groups in total. The standard InChI is InChI=1S/C19H34N4OS.HI/c1-6-15-12-21-16(25-15)13-23-18(20-7-2)22-11-14-9-8-10-24-17(14)19(3,4)5;/h12,14,17H,6-11,13H2,1-5H3,(H2,20,22,23);1H. The van der Waals surface area contributed by atoms with Gasteiger partial charge < -0.3 is 15.4 Å². The van der Waals surface area contributed by atoms with E-state index in [9.17, 15) is 0 Å². The van der Waals surface area contributed by atoms with Gasteiger partial charge in [-0.15, -0.1) is 35.3 Å². The maximum absolute atomic E-state index is 6.08. The molecule has 0 saturated carbocycles. The first kappa shape index (κ1) is 23.6. The van der Waals surface area contributed by atoms with Crippen LogP contribution in [0.4, 0.5) is 0 Å². The van der Waals surface area contributed by atoms with Crippen LogP contribution in [0.3, 0.4) is 0 Å². The summed E-state index contributed by atoms with van der Waals surface area (Å²) in [6.07, 6.45) is 5.65. The van der Waals surface area contributed by atoms with Crippen molar-refractivity contribution in [1.29, 1.82) is 0 Å². The molecule has 5 nitrogen and oxygen atoms in total. The lowest BCUT2D eigenvalue weighted by Gasteiger charge is -2.40. The summed E-state index contributed by atoms with van der Waals surface area (Å²) in [6.45, 7) is 14.3. The second-order valence-electron chi connectivity index (χ2n) is 7.71. The Morgan fingerprint density at radius 2 is 2.12 bits per heavy atom. The topological polar surface area (TPSA) is 58.5 Å². The highest BCUT2D eigenvalue weighted by molar-refractivity contribution is 14.0. The summed E-state index contributed by atoms with van der Waals surface area (Å²) in [4.78, 5) is 10.5. The minimum atomic E-state index is 0. The molecule has 2 heterocycles. The summed E-state index contributed by atoms with van der Waals surface area (Å²) < 4.78 is 6.08. The van der Waals surface area contributed by atoms with E-state index in [4.69, 9.17) is 9.73 Å². The molecule has 2 unspecified atom stereocenters. The lowest BCUT2D eigenvalue weighted by molar-refractivity contribution is -0.0835. The molecule has 0 radical (unpaired) electrons. The maximum Gasteiger partial charge on any atom is 0.191 e. The first-order valence-electron chi connectivity index (χ1n) is 9.51. The number of nitrogens with one attached hydrogen (secondary N) is 2. The first-order valence-corrected chi connectivity index (χ1v) is 10.3. The van der Waals surface area contributed by atoms with Crippen LogP contribution in [-0.4, -0.2) is 36.7 Å². The molecule has 1 fully saturated rings. The monoisotopic (exact) mass is 494 g/mol. The second-order valence-corrected chi connectivity index (χ2v) is 8.91. The van der Waals surface area contributed by atoms with Crippen LogP contribution in [-0.2, 0) is 17.7 Å². The number of hydrogen-bond donors (Lipinski definition) is 2. The number of aryl methyl sites for hydroxylation is 1. The number of halogens is 1. The smallest absolute Gasteiger partial charge is 0.191 e. The van der Waals surface area contributed by atoms with Gasteiger partial charge in [0.2, 0.25) is 0 Å². The van der Waals surface area contributed by atoms with Gasteiger partial charge in [0.1, 0.15) is 5.01 Å². The zero-order chi connectivity index (χ0) is 18.3. The van der Waals surface area contributed by atoms with E-state index in [1.54, 1.807) is 11.3 Å². The Morgan fingerprint density at radius 1 is 1.35 bits per heavy atom. The molecule has 26 heavy (non-hydrogen) atoms. The van der Waals surface area contributed by atoms with Gasteiger partial charge >= 0.3 is 0 Å². The Balaban J connectivity index is 0.00000338. The number of rotatable bonds is 6. The molecule has 0 aliphatic carbocycles. The van der Waals surface area contributed by atoms with Crippen molar-refractivity contribution in [3.8, 4) is 0 Å². The molecule has 150 valence electrons. The molecule has 0 aromatic carbocycles. The van der Waals surface area contributed by atoms with Crippen LogP contribution < -0.4 is 10.6 Å². The predicted molar refractivity (Wildman–Crippen MR) is 122 cm³/mol. The van der Waals surface area contributed by atoms with E-state index in [1.807, 2.05) is 6.20 Å². The Hall–Kier alpha value is -0.410. The number of hydrogen-bond acceptors (Lipinski definition) is 4. The molecule has 1 aliphatic rings. The minimum Gasteiger partial charge on any atom is -0.377 e. The SMILES string of the molecule is CCNC(=NCc1ncc(CC)s1)NCC1CCCOC1C(C)(C)C.I. The highest BCUT2D eigenvalue weighted by Crippen LogP contribution is 2.33. The van der Waals surface area contributed by atoms with Crippen LogP contribution in [0.5, 0.6) is 0 Å². The molecule has 2 rings (SSSR count). The van der Waals surface area contributed by atoms with Crippen LogP contribution in [0.2, 0.25) is 0 Å². The van der Waals surface area contributed by atoms with E-state index in [-0.39, 0.29) is 29.4 Å². The van der Waals surface area contributed by atoms with Gasteiger partial charge in [-0.1, -0.05) is 27.7 Å². The summed E-state index contributed by atoms with van der Waals surface area (Å²) in [6, 6.07) is 0. The van der Waals surface area contributed by atoms with Crippen molar-refractivity contribution in [2.75, 3.05) is 19.7 Å². The van der Waals surface area contributed by atoms with Gasteiger partial charge in [-0.25, -0.2) is 9.98 Å². The van der Waals surface area contributed by atoms with Gasteiger partial charge in [0, 0.05) is 36.7 Å². The number of nitrogens with zero attached hydrogens (tertiary/aromatic N) is 2. The molecular weight excluding hydrogens is 459 g/mol. The third-order valence-electron chi connectivity index (χ3n) is 4.50. The van der Waals surface area contributed by atoms with Gasteiger partial charge in [-0.3, -0.25) is 0 Å². The zero-order valence-corrected chi connectivity index (χ0v) is 19.9. The predicted octanol–water partition coefficient (Wildman–Crippen LogP) is 4.22. The molecule has 1 aliphatic heterocycles. The molecule has 0 spiro atoms. The maximum atomic E-state index is 6.08. The summed E-state index contributed by atoms with van der Waals surface area (Å²) >= 11 is 1.75. The fourth-order valence-electron chi connectivity index (χ4n) is 3.31. The van der Waals surface area contributed by atoms with E-state index < -0.39 is 0 Å². The molecule has 0 amide bonds. The Bertz CT molecular complexity index is 556.